The summed E-state index contributed by atoms with van der Waals surface area (Å²) in [4.78, 5) is 25.5. The zero-order chi connectivity index (χ0) is 24.7. The Labute approximate surface area is 195 Å². The maximum absolute atomic E-state index is 13.4. The Kier molecular flexibility index (Phi) is 7.79. The first-order valence-electron chi connectivity index (χ1n) is 11.6. The van der Waals surface area contributed by atoms with E-state index in [1.54, 1.807) is 36.3 Å². The molecule has 0 radical (unpaired) electrons. The molecule has 0 spiro atoms. The number of ether oxygens (including phenoxy) is 1. The van der Waals surface area contributed by atoms with E-state index in [1.807, 2.05) is 38.1 Å². The number of carbonyl (C=O) groups excluding carboxylic acids is 1. The number of carboxylic acid groups (broad SMARTS) is 1. The molecular weight excluding hydrogens is 422 g/mol. The van der Waals surface area contributed by atoms with Gasteiger partial charge in [-0.2, -0.15) is 0 Å². The van der Waals surface area contributed by atoms with Crippen LogP contribution in [0.1, 0.15) is 56.8 Å². The number of unbranched alkanes of at least 4 members (excludes halogenated alkanes) is 2. The summed E-state index contributed by atoms with van der Waals surface area (Å²) in [5.74, 6) is -0.0333. The van der Waals surface area contributed by atoms with E-state index in [1.165, 1.54) is 4.90 Å². The average Bonchev–Trinajstić information content (AvgIpc) is 3.46. The number of nitrogens with zero attached hydrogens (tertiary/aromatic N) is 3. The van der Waals surface area contributed by atoms with Gasteiger partial charge in [0.1, 0.15) is 5.76 Å². The first-order chi connectivity index (χ1) is 16.3. The number of furan rings is 1. The minimum atomic E-state index is -1.01. The van der Waals surface area contributed by atoms with E-state index in [0.717, 1.165) is 17.7 Å². The van der Waals surface area contributed by atoms with Crippen molar-refractivity contribution in [1.82, 2.24) is 14.7 Å². The summed E-state index contributed by atoms with van der Waals surface area (Å²) in [5, 5.41) is 13.1. The third kappa shape index (κ3) is 6.71. The van der Waals surface area contributed by atoms with Crippen LogP contribution in [0.25, 0.3) is 11.3 Å². The molecule has 176 valence electrons. The van der Waals surface area contributed by atoms with Crippen LogP contribution in [-0.4, -0.2) is 44.3 Å². The van der Waals surface area contributed by atoms with Gasteiger partial charge in [0.15, 0.2) is 0 Å². The quantitative estimate of drug-likeness (QED) is 0.397. The van der Waals surface area contributed by atoms with Gasteiger partial charge >= 0.3 is 5.97 Å². The summed E-state index contributed by atoms with van der Waals surface area (Å²) < 4.78 is 21.7. The van der Waals surface area contributed by atoms with Gasteiger partial charge in [-0.25, -0.2) is 0 Å². The van der Waals surface area contributed by atoms with E-state index < -0.39 is 12.5 Å². The highest BCUT2D eigenvalue weighted by atomic mass is 16.5. The number of hydrogen-bond donors (Lipinski definition) is 1. The molecule has 1 N–H and O–H groups in total. The minimum absolute atomic E-state index is 0.136. The molecule has 3 rings (SSSR count). The molecule has 0 aliphatic heterocycles. The van der Waals surface area contributed by atoms with Crippen LogP contribution in [0.3, 0.4) is 0 Å². The van der Waals surface area contributed by atoms with Crippen LogP contribution in [0.2, 0.25) is 0 Å². The van der Waals surface area contributed by atoms with E-state index in [0.29, 0.717) is 36.5 Å². The highest BCUT2D eigenvalue weighted by Crippen LogP contribution is 2.23. The summed E-state index contributed by atoms with van der Waals surface area (Å²) >= 11 is 0. The van der Waals surface area contributed by atoms with Crippen LogP contribution in [0.15, 0.2) is 53.3 Å². The van der Waals surface area contributed by atoms with Crippen LogP contribution in [0.4, 0.5) is 0 Å². The Bertz CT molecular complexity index is 1080. The maximum Gasteiger partial charge on any atom is 0.303 e. The maximum atomic E-state index is 13.4. The smallest absolute Gasteiger partial charge is 0.303 e. The lowest BCUT2D eigenvalue weighted by molar-refractivity contribution is -0.137. The van der Waals surface area contributed by atoms with Gasteiger partial charge in [-0.05, 0) is 57.4 Å². The lowest BCUT2D eigenvalue weighted by Crippen LogP contribution is -2.36. The number of aliphatic carboxylic acids is 1. The summed E-state index contributed by atoms with van der Waals surface area (Å²) in [5.41, 5.74) is 1.85. The van der Waals surface area contributed by atoms with Crippen molar-refractivity contribution in [3.05, 3.63) is 60.0 Å². The molecular formula is C25H31N3O5. The molecule has 1 amide bonds. The molecule has 0 saturated heterocycles. The van der Waals surface area contributed by atoms with E-state index in [-0.39, 0.29) is 18.4 Å². The predicted molar refractivity (Wildman–Crippen MR) is 124 cm³/mol. The topological polar surface area (TPSA) is 97.8 Å². The van der Waals surface area contributed by atoms with E-state index >= 15 is 0 Å². The van der Waals surface area contributed by atoms with Crippen molar-refractivity contribution < 1.29 is 25.2 Å². The molecule has 8 heteroatoms. The molecule has 0 fully saturated rings. The summed E-state index contributed by atoms with van der Waals surface area (Å²) in [6, 6.07) is 10.6. The van der Waals surface area contributed by atoms with Gasteiger partial charge in [0.05, 0.1) is 26.3 Å². The number of hydrogen-bond acceptors (Lipinski definition) is 5. The highest BCUT2D eigenvalue weighted by Gasteiger charge is 2.22. The van der Waals surface area contributed by atoms with Crippen LogP contribution < -0.4 is 4.74 Å². The van der Waals surface area contributed by atoms with Crippen molar-refractivity contribution in [2.24, 2.45) is 7.05 Å². The Morgan fingerprint density at radius 2 is 1.97 bits per heavy atom. The van der Waals surface area contributed by atoms with Gasteiger partial charge in [-0.1, -0.05) is 12.1 Å². The third-order valence-corrected chi connectivity index (χ3v) is 5.10. The SMILES string of the molecule is [2H]C(c1cn(C)nc1OCCCCCC(=O)O)N(C(=O)c1ccc(-c2ccco2)cc1)C(C)C. The van der Waals surface area contributed by atoms with Gasteiger partial charge in [-0.15, -0.1) is 5.10 Å². The van der Waals surface area contributed by atoms with Crippen molar-refractivity contribution in [3.8, 4) is 17.2 Å². The van der Waals surface area contributed by atoms with Gasteiger partial charge in [0.2, 0.25) is 5.88 Å². The number of carbonyl (C=O) groups is 2. The van der Waals surface area contributed by atoms with Crippen molar-refractivity contribution in [1.29, 1.82) is 0 Å². The number of aromatic nitrogens is 2. The zero-order valence-electron chi connectivity index (χ0n) is 20.2. The van der Waals surface area contributed by atoms with Crippen LogP contribution in [0.5, 0.6) is 5.88 Å². The van der Waals surface area contributed by atoms with E-state index in [4.69, 9.17) is 15.6 Å². The van der Waals surface area contributed by atoms with Crippen molar-refractivity contribution in [2.75, 3.05) is 6.61 Å². The van der Waals surface area contributed by atoms with Crippen LogP contribution >= 0.6 is 0 Å². The lowest BCUT2D eigenvalue weighted by atomic mass is 10.1. The Hall–Kier alpha value is -3.55. The van der Waals surface area contributed by atoms with Gasteiger partial charge in [-0.3, -0.25) is 14.3 Å². The molecule has 0 bridgehead atoms. The second-order valence-corrected chi connectivity index (χ2v) is 8.11. The number of amides is 1. The normalized spacial score (nSPS) is 12.4. The number of rotatable bonds is 12. The van der Waals surface area contributed by atoms with Gasteiger partial charge in [0.25, 0.3) is 5.91 Å². The van der Waals surface area contributed by atoms with Gasteiger partial charge in [0, 0.05) is 36.8 Å². The minimum Gasteiger partial charge on any atom is -0.481 e. The molecule has 0 aliphatic carbocycles. The number of benzene rings is 1. The second kappa shape index (κ2) is 11.4. The summed E-state index contributed by atoms with van der Waals surface area (Å²) in [6.45, 7) is 3.10. The zero-order valence-corrected chi connectivity index (χ0v) is 19.2. The number of carboxylic acids is 1. The highest BCUT2D eigenvalue weighted by molar-refractivity contribution is 5.94. The fourth-order valence-corrected chi connectivity index (χ4v) is 3.37. The standard InChI is InChI=1S/C25H31N3O5/c1-18(2)28(25(31)20-12-10-19(11-13-20)22-8-7-15-32-22)17-21-16-27(3)26-24(21)33-14-6-4-5-9-23(29)30/h7-8,10-13,15-16,18H,4-6,9,14,17H2,1-3H3,(H,29,30)/i17D. The molecule has 1 unspecified atom stereocenters. The van der Waals surface area contributed by atoms with Crippen LogP contribution in [0, 0.1) is 0 Å². The second-order valence-electron chi connectivity index (χ2n) is 8.11. The first kappa shape index (κ1) is 22.6. The number of aryl methyl sites for hydroxylation is 1. The first-order valence-corrected chi connectivity index (χ1v) is 11.0. The monoisotopic (exact) mass is 454 g/mol. The van der Waals surface area contributed by atoms with E-state index in [9.17, 15) is 9.59 Å². The largest absolute Gasteiger partial charge is 0.481 e. The lowest BCUT2D eigenvalue weighted by Gasteiger charge is -2.27. The summed E-state index contributed by atoms with van der Waals surface area (Å²) in [6.07, 6.45) is 5.42. The van der Waals surface area contributed by atoms with Crippen molar-refractivity contribution in [2.45, 2.75) is 52.1 Å². The molecule has 3 aromatic rings. The fraction of sp³-hybridized carbons (Fsp3) is 0.400. The fourth-order valence-electron chi connectivity index (χ4n) is 3.37. The van der Waals surface area contributed by atoms with Crippen molar-refractivity contribution in [3.63, 3.8) is 0 Å². The molecule has 33 heavy (non-hydrogen) atoms. The predicted octanol–water partition coefficient (Wildman–Crippen LogP) is 4.75. The Morgan fingerprint density at radius 3 is 2.61 bits per heavy atom. The molecule has 2 aromatic heterocycles. The van der Waals surface area contributed by atoms with Crippen molar-refractivity contribution >= 4 is 11.9 Å². The molecule has 0 saturated carbocycles. The van der Waals surface area contributed by atoms with E-state index in [2.05, 4.69) is 5.10 Å². The van der Waals surface area contributed by atoms with Gasteiger partial charge < -0.3 is 19.2 Å². The third-order valence-electron chi connectivity index (χ3n) is 5.10. The molecule has 2 heterocycles. The Morgan fingerprint density at radius 1 is 1.21 bits per heavy atom. The molecule has 0 aliphatic rings. The summed E-state index contributed by atoms with van der Waals surface area (Å²) in [7, 11) is 1.74. The Balaban J connectivity index is 1.71. The van der Waals surface area contributed by atoms with Crippen LogP contribution in [-0.2, 0) is 18.4 Å². The average molecular weight is 455 g/mol. The molecule has 1 aromatic carbocycles. The molecule has 1 atom stereocenters. The molecule has 8 nitrogen and oxygen atoms in total.